The van der Waals surface area contributed by atoms with E-state index in [1.807, 2.05) is 12.1 Å². The van der Waals surface area contributed by atoms with Crippen molar-refractivity contribution in [1.82, 2.24) is 10.2 Å². The van der Waals surface area contributed by atoms with Gasteiger partial charge in [0, 0.05) is 18.1 Å². The Morgan fingerprint density at radius 2 is 1.95 bits per heavy atom. The molecule has 0 aromatic heterocycles. The van der Waals surface area contributed by atoms with E-state index in [2.05, 4.69) is 57.1 Å². The predicted molar refractivity (Wildman–Crippen MR) is 86.5 cm³/mol. The first-order chi connectivity index (χ1) is 9.39. The van der Waals surface area contributed by atoms with Crippen molar-refractivity contribution in [1.29, 1.82) is 0 Å². The Labute approximate surface area is 124 Å². The quantitative estimate of drug-likeness (QED) is 0.791. The Kier molecular flexibility index (Phi) is 6.50. The van der Waals surface area contributed by atoms with Gasteiger partial charge in [0.25, 0.3) is 0 Å². The van der Waals surface area contributed by atoms with Crippen LogP contribution in [0.2, 0.25) is 0 Å². The third-order valence-corrected chi connectivity index (χ3v) is 3.76. The molecule has 0 saturated heterocycles. The molecule has 1 atom stereocenters. The average Bonchev–Trinajstić information content (AvgIpc) is 2.38. The van der Waals surface area contributed by atoms with Gasteiger partial charge < -0.3 is 15.0 Å². The van der Waals surface area contributed by atoms with Crippen LogP contribution in [0.15, 0.2) is 24.3 Å². The fourth-order valence-electron chi connectivity index (χ4n) is 2.66. The van der Waals surface area contributed by atoms with Crippen LogP contribution in [0.25, 0.3) is 0 Å². The summed E-state index contributed by atoms with van der Waals surface area (Å²) in [6.45, 7) is 11.0. The number of methoxy groups -OCH3 is 1. The lowest BCUT2D eigenvalue weighted by Crippen LogP contribution is -2.50. The molecule has 0 bridgehead atoms. The summed E-state index contributed by atoms with van der Waals surface area (Å²) in [6, 6.07) is 8.76. The summed E-state index contributed by atoms with van der Waals surface area (Å²) in [5.74, 6) is 0.985. The zero-order valence-electron chi connectivity index (χ0n) is 13.9. The summed E-state index contributed by atoms with van der Waals surface area (Å²) in [6.07, 6.45) is 1.00. The maximum absolute atomic E-state index is 5.43. The average molecular weight is 278 g/mol. The maximum atomic E-state index is 5.43. The van der Waals surface area contributed by atoms with Crippen molar-refractivity contribution in [3.63, 3.8) is 0 Å². The number of para-hydroxylation sites is 1. The summed E-state index contributed by atoms with van der Waals surface area (Å²) in [5, 5.41) is 3.53. The summed E-state index contributed by atoms with van der Waals surface area (Å²) in [4.78, 5) is 2.41. The topological polar surface area (TPSA) is 24.5 Å². The molecule has 114 valence electrons. The van der Waals surface area contributed by atoms with Gasteiger partial charge >= 0.3 is 0 Å². The minimum absolute atomic E-state index is 0.137. The van der Waals surface area contributed by atoms with Gasteiger partial charge in [0.2, 0.25) is 0 Å². The summed E-state index contributed by atoms with van der Waals surface area (Å²) < 4.78 is 5.43. The van der Waals surface area contributed by atoms with Crippen LogP contribution >= 0.6 is 0 Å². The van der Waals surface area contributed by atoms with Gasteiger partial charge in [0.05, 0.1) is 7.11 Å². The van der Waals surface area contributed by atoms with Gasteiger partial charge in [-0.05, 0) is 52.4 Å². The van der Waals surface area contributed by atoms with Crippen LogP contribution in [-0.4, -0.2) is 43.7 Å². The third-order valence-electron chi connectivity index (χ3n) is 3.76. The Hall–Kier alpha value is -1.06. The van der Waals surface area contributed by atoms with Crippen molar-refractivity contribution in [2.45, 2.75) is 45.7 Å². The maximum Gasteiger partial charge on any atom is 0.122 e. The number of likely N-dealkylation sites (N-methyl/N-ethyl adjacent to an activating group) is 2. The van der Waals surface area contributed by atoms with Gasteiger partial charge in [-0.1, -0.05) is 25.1 Å². The first kappa shape index (κ1) is 17.0. The van der Waals surface area contributed by atoms with Gasteiger partial charge in [-0.25, -0.2) is 0 Å². The van der Waals surface area contributed by atoms with Gasteiger partial charge in [-0.15, -0.1) is 0 Å². The van der Waals surface area contributed by atoms with Crippen LogP contribution in [0, 0.1) is 0 Å². The monoisotopic (exact) mass is 278 g/mol. The molecule has 1 aromatic rings. The fourth-order valence-corrected chi connectivity index (χ4v) is 2.66. The van der Waals surface area contributed by atoms with E-state index in [0.29, 0.717) is 6.04 Å². The van der Waals surface area contributed by atoms with E-state index in [0.717, 1.165) is 25.3 Å². The molecular weight excluding hydrogens is 248 g/mol. The lowest BCUT2D eigenvalue weighted by Gasteiger charge is -2.34. The number of benzene rings is 1. The fraction of sp³-hybridized carbons (Fsp3) is 0.647. The van der Waals surface area contributed by atoms with Crippen LogP contribution in [0.1, 0.15) is 33.3 Å². The second-order valence-corrected chi connectivity index (χ2v) is 6.19. The van der Waals surface area contributed by atoms with Crippen LogP contribution in [0.4, 0.5) is 0 Å². The molecule has 1 rings (SSSR count). The molecule has 3 heteroatoms. The number of rotatable bonds is 8. The molecule has 1 unspecified atom stereocenters. The molecule has 1 aromatic carbocycles. The summed E-state index contributed by atoms with van der Waals surface area (Å²) >= 11 is 0. The number of hydrogen-bond acceptors (Lipinski definition) is 3. The Morgan fingerprint density at radius 3 is 2.55 bits per heavy atom. The highest BCUT2D eigenvalue weighted by molar-refractivity contribution is 5.33. The van der Waals surface area contributed by atoms with Gasteiger partial charge in [0.1, 0.15) is 5.75 Å². The first-order valence-corrected chi connectivity index (χ1v) is 7.46. The van der Waals surface area contributed by atoms with Crippen LogP contribution in [-0.2, 0) is 6.42 Å². The minimum Gasteiger partial charge on any atom is -0.496 e. The molecule has 3 nitrogen and oxygen atoms in total. The Balaban J connectivity index is 2.63. The van der Waals surface area contributed by atoms with E-state index >= 15 is 0 Å². The van der Waals surface area contributed by atoms with E-state index < -0.39 is 0 Å². The zero-order chi connectivity index (χ0) is 15.2. The van der Waals surface area contributed by atoms with Crippen molar-refractivity contribution >= 4 is 0 Å². The molecule has 0 fully saturated rings. The lowest BCUT2D eigenvalue weighted by atomic mass is 10.0. The Morgan fingerprint density at radius 1 is 1.30 bits per heavy atom. The standard InChI is InChI=1S/C17H30N2O/c1-7-18-17(3,4)13-19(5)14(2)12-15-10-8-9-11-16(15)20-6/h8-11,14,18H,7,12-13H2,1-6H3. The van der Waals surface area contributed by atoms with Crippen LogP contribution in [0.3, 0.4) is 0 Å². The molecule has 0 aliphatic carbocycles. The van der Waals surface area contributed by atoms with Crippen molar-refractivity contribution in [2.24, 2.45) is 0 Å². The summed E-state index contributed by atoms with van der Waals surface area (Å²) in [5.41, 5.74) is 1.41. The number of nitrogens with zero attached hydrogens (tertiary/aromatic N) is 1. The van der Waals surface area contributed by atoms with E-state index in [1.54, 1.807) is 7.11 Å². The molecular formula is C17H30N2O. The van der Waals surface area contributed by atoms with Crippen LogP contribution < -0.4 is 10.1 Å². The molecule has 1 N–H and O–H groups in total. The second-order valence-electron chi connectivity index (χ2n) is 6.19. The minimum atomic E-state index is 0.137. The normalized spacial score (nSPS) is 13.6. The highest BCUT2D eigenvalue weighted by Gasteiger charge is 2.21. The van der Waals surface area contributed by atoms with E-state index in [4.69, 9.17) is 4.74 Å². The first-order valence-electron chi connectivity index (χ1n) is 7.46. The molecule has 0 radical (unpaired) electrons. The van der Waals surface area contributed by atoms with Crippen LogP contribution in [0.5, 0.6) is 5.75 Å². The second kappa shape index (κ2) is 7.65. The predicted octanol–water partition coefficient (Wildman–Crippen LogP) is 2.95. The highest BCUT2D eigenvalue weighted by atomic mass is 16.5. The van der Waals surface area contributed by atoms with Gasteiger partial charge in [-0.3, -0.25) is 0 Å². The molecule has 0 spiro atoms. The van der Waals surface area contributed by atoms with E-state index in [-0.39, 0.29) is 5.54 Å². The molecule has 0 amide bonds. The third kappa shape index (κ3) is 5.14. The summed E-state index contributed by atoms with van der Waals surface area (Å²) in [7, 11) is 3.93. The SMILES string of the molecule is CCNC(C)(C)CN(C)C(C)Cc1ccccc1OC. The van der Waals surface area contributed by atoms with Crippen molar-refractivity contribution in [3.05, 3.63) is 29.8 Å². The number of nitrogens with one attached hydrogen (secondary N) is 1. The smallest absolute Gasteiger partial charge is 0.122 e. The van der Waals surface area contributed by atoms with E-state index in [1.165, 1.54) is 5.56 Å². The van der Waals surface area contributed by atoms with E-state index in [9.17, 15) is 0 Å². The zero-order valence-corrected chi connectivity index (χ0v) is 13.9. The van der Waals surface area contributed by atoms with Crippen molar-refractivity contribution < 1.29 is 4.74 Å². The van der Waals surface area contributed by atoms with Crippen molar-refractivity contribution in [3.8, 4) is 5.75 Å². The molecule has 0 saturated carbocycles. The molecule has 0 aliphatic rings. The van der Waals surface area contributed by atoms with Crippen molar-refractivity contribution in [2.75, 3.05) is 27.2 Å². The number of hydrogen-bond donors (Lipinski definition) is 1. The molecule has 0 heterocycles. The Bertz CT molecular complexity index is 404. The largest absolute Gasteiger partial charge is 0.496 e. The lowest BCUT2D eigenvalue weighted by molar-refractivity contribution is 0.190. The molecule has 0 aliphatic heterocycles. The number of ether oxygens (including phenoxy) is 1. The highest BCUT2D eigenvalue weighted by Crippen LogP contribution is 2.20. The van der Waals surface area contributed by atoms with Gasteiger partial charge in [-0.2, -0.15) is 0 Å². The molecule has 20 heavy (non-hydrogen) atoms. The van der Waals surface area contributed by atoms with Gasteiger partial charge in [0.15, 0.2) is 0 Å².